The minimum Gasteiger partial charge on any atom is -0.354 e. The molecule has 1 fully saturated rings. The second-order valence-electron chi connectivity index (χ2n) is 7.54. The van der Waals surface area contributed by atoms with Crippen LogP contribution in [-0.4, -0.2) is 35.0 Å². The van der Waals surface area contributed by atoms with Crippen molar-refractivity contribution in [2.75, 3.05) is 23.3 Å². The van der Waals surface area contributed by atoms with Gasteiger partial charge in [0.05, 0.1) is 11.6 Å². The van der Waals surface area contributed by atoms with E-state index in [0.29, 0.717) is 11.5 Å². The minimum atomic E-state index is -0.00167. The van der Waals surface area contributed by atoms with Gasteiger partial charge in [-0.15, -0.1) is 0 Å². The number of carbonyl (C=O) groups excluding carboxylic acids is 1. The van der Waals surface area contributed by atoms with Crippen LogP contribution in [0.3, 0.4) is 0 Å². The smallest absolute Gasteiger partial charge is 0.229 e. The molecule has 1 aliphatic rings. The molecule has 3 rings (SSSR count). The molecule has 7 nitrogen and oxygen atoms in total. The van der Waals surface area contributed by atoms with Crippen LogP contribution in [0.1, 0.15) is 49.9 Å². The van der Waals surface area contributed by atoms with Gasteiger partial charge in [-0.3, -0.25) is 4.79 Å². The van der Waals surface area contributed by atoms with Crippen molar-refractivity contribution in [2.45, 2.75) is 52.5 Å². The van der Waals surface area contributed by atoms with Gasteiger partial charge < -0.3 is 15.5 Å². The summed E-state index contributed by atoms with van der Waals surface area (Å²) in [6.45, 7) is 7.22. The molecule has 0 bridgehead atoms. The summed E-state index contributed by atoms with van der Waals surface area (Å²) in [5.41, 5.74) is 3.37. The van der Waals surface area contributed by atoms with Crippen LogP contribution in [0.4, 0.5) is 17.5 Å². The molecule has 7 heteroatoms. The molecule has 0 unspecified atom stereocenters. The van der Waals surface area contributed by atoms with Crippen LogP contribution in [0.5, 0.6) is 0 Å². The maximum absolute atomic E-state index is 11.4. The fraction of sp³-hybridized carbons (Fsp3) is 0.455. The molecule has 1 aliphatic heterocycles. The molecule has 2 heterocycles. The molecule has 1 atom stereocenters. The third-order valence-electron chi connectivity index (χ3n) is 5.09. The number of benzene rings is 1. The number of nitrogens with zero attached hydrogens (tertiary/aromatic N) is 4. The number of carbonyl (C=O) groups is 1. The largest absolute Gasteiger partial charge is 0.354 e. The molecule has 1 aromatic carbocycles. The zero-order chi connectivity index (χ0) is 20.8. The van der Waals surface area contributed by atoms with Gasteiger partial charge in [0.1, 0.15) is 5.82 Å². The number of anilines is 3. The Kier molecular flexibility index (Phi) is 6.65. The average Bonchev–Trinajstić information content (AvgIpc) is 3.15. The van der Waals surface area contributed by atoms with Gasteiger partial charge in [0.15, 0.2) is 0 Å². The van der Waals surface area contributed by atoms with Gasteiger partial charge >= 0.3 is 0 Å². The number of aromatic nitrogens is 2. The molecule has 2 N–H and O–H groups in total. The topological polar surface area (TPSA) is 93.9 Å². The Labute approximate surface area is 172 Å². The lowest BCUT2D eigenvalue weighted by molar-refractivity contribution is -0.119. The highest BCUT2D eigenvalue weighted by Gasteiger charge is 2.24. The number of nitriles is 1. The van der Waals surface area contributed by atoms with E-state index in [0.717, 1.165) is 61.5 Å². The zero-order valence-electron chi connectivity index (χ0n) is 17.3. The molecule has 2 aromatic rings. The molecule has 29 heavy (non-hydrogen) atoms. The van der Waals surface area contributed by atoms with Crippen molar-refractivity contribution in [1.29, 1.82) is 5.26 Å². The van der Waals surface area contributed by atoms with Crippen molar-refractivity contribution < 1.29 is 4.79 Å². The Morgan fingerprint density at radius 3 is 2.90 bits per heavy atom. The third-order valence-corrected chi connectivity index (χ3v) is 5.09. The van der Waals surface area contributed by atoms with E-state index in [1.807, 2.05) is 31.2 Å². The van der Waals surface area contributed by atoms with Crippen LogP contribution >= 0.6 is 0 Å². The van der Waals surface area contributed by atoms with Crippen molar-refractivity contribution in [3.05, 3.63) is 41.1 Å². The van der Waals surface area contributed by atoms with Crippen LogP contribution in [0, 0.1) is 18.3 Å². The van der Waals surface area contributed by atoms with Crippen molar-refractivity contribution in [3.8, 4) is 6.07 Å². The van der Waals surface area contributed by atoms with E-state index in [1.165, 1.54) is 0 Å². The molecule has 1 amide bonds. The van der Waals surface area contributed by atoms with Crippen molar-refractivity contribution >= 4 is 23.4 Å². The number of rotatable bonds is 7. The van der Waals surface area contributed by atoms with Crippen LogP contribution in [-0.2, 0) is 11.2 Å². The summed E-state index contributed by atoms with van der Waals surface area (Å²) in [6.07, 6.45) is 3.95. The third kappa shape index (κ3) is 5.44. The molecular formula is C22H28N6O. The molecule has 1 aromatic heterocycles. The second-order valence-corrected chi connectivity index (χ2v) is 7.54. The summed E-state index contributed by atoms with van der Waals surface area (Å²) < 4.78 is 0. The van der Waals surface area contributed by atoms with Crippen LogP contribution in [0.15, 0.2) is 24.3 Å². The van der Waals surface area contributed by atoms with E-state index in [2.05, 4.69) is 33.5 Å². The van der Waals surface area contributed by atoms with E-state index < -0.39 is 0 Å². The van der Waals surface area contributed by atoms with Crippen molar-refractivity contribution in [3.63, 3.8) is 0 Å². The first-order valence-electron chi connectivity index (χ1n) is 10.2. The molecule has 152 valence electrons. The summed E-state index contributed by atoms with van der Waals surface area (Å²) in [5, 5.41) is 15.5. The van der Waals surface area contributed by atoms with E-state index in [9.17, 15) is 10.1 Å². The number of hydrogen-bond acceptors (Lipinski definition) is 6. The molecule has 1 saturated heterocycles. The average molecular weight is 393 g/mol. The van der Waals surface area contributed by atoms with Crippen molar-refractivity contribution in [1.82, 2.24) is 15.3 Å². The maximum Gasteiger partial charge on any atom is 0.229 e. The fourth-order valence-corrected chi connectivity index (χ4v) is 3.51. The SMILES string of the molecule is CCCCc1cc(N2CC[C@H](NC(C)=O)C2)nc(Nc2ccc(C)c(C#N)c2)n1. The Bertz CT molecular complexity index is 920. The predicted molar refractivity (Wildman–Crippen MR) is 114 cm³/mol. The highest BCUT2D eigenvalue weighted by Crippen LogP contribution is 2.24. The minimum absolute atomic E-state index is 0.00167. The van der Waals surface area contributed by atoms with Gasteiger partial charge in [-0.25, -0.2) is 4.98 Å². The summed E-state index contributed by atoms with van der Waals surface area (Å²) in [5.74, 6) is 1.40. The predicted octanol–water partition coefficient (Wildman–Crippen LogP) is 3.46. The van der Waals surface area contributed by atoms with E-state index >= 15 is 0 Å². The Hall–Kier alpha value is -3.14. The molecule has 0 saturated carbocycles. The molecule has 0 spiro atoms. The molecule has 0 aliphatic carbocycles. The first kappa shape index (κ1) is 20.6. The molecule has 0 radical (unpaired) electrons. The first-order valence-corrected chi connectivity index (χ1v) is 10.2. The monoisotopic (exact) mass is 392 g/mol. The number of amides is 1. The Balaban J connectivity index is 1.84. The molecular weight excluding hydrogens is 364 g/mol. The number of nitrogens with one attached hydrogen (secondary N) is 2. The highest BCUT2D eigenvalue weighted by molar-refractivity contribution is 5.73. The lowest BCUT2D eigenvalue weighted by Gasteiger charge is -2.19. The van der Waals surface area contributed by atoms with E-state index in [-0.39, 0.29) is 11.9 Å². The first-order chi connectivity index (χ1) is 14.0. The summed E-state index contributed by atoms with van der Waals surface area (Å²) in [4.78, 5) is 23.0. The van der Waals surface area contributed by atoms with Gasteiger partial charge in [0.25, 0.3) is 0 Å². The van der Waals surface area contributed by atoms with Crippen LogP contribution < -0.4 is 15.5 Å². The summed E-state index contributed by atoms with van der Waals surface area (Å²) in [7, 11) is 0. The lowest BCUT2D eigenvalue weighted by Crippen LogP contribution is -2.35. The quantitative estimate of drug-likeness (QED) is 0.749. The normalized spacial score (nSPS) is 15.8. The van der Waals surface area contributed by atoms with E-state index in [4.69, 9.17) is 4.98 Å². The van der Waals surface area contributed by atoms with Gasteiger partial charge in [-0.1, -0.05) is 19.4 Å². The second kappa shape index (κ2) is 9.37. The zero-order valence-corrected chi connectivity index (χ0v) is 17.3. The summed E-state index contributed by atoms with van der Waals surface area (Å²) >= 11 is 0. The van der Waals surface area contributed by atoms with Gasteiger partial charge in [0, 0.05) is 43.5 Å². The van der Waals surface area contributed by atoms with E-state index in [1.54, 1.807) is 6.92 Å². The van der Waals surface area contributed by atoms with Crippen LogP contribution in [0.2, 0.25) is 0 Å². The van der Waals surface area contributed by atoms with Gasteiger partial charge in [-0.2, -0.15) is 10.2 Å². The lowest BCUT2D eigenvalue weighted by atomic mass is 10.1. The maximum atomic E-state index is 11.4. The Morgan fingerprint density at radius 2 is 2.17 bits per heavy atom. The van der Waals surface area contributed by atoms with Crippen LogP contribution in [0.25, 0.3) is 0 Å². The summed E-state index contributed by atoms with van der Waals surface area (Å²) in [6, 6.07) is 10.1. The van der Waals surface area contributed by atoms with Gasteiger partial charge in [0.2, 0.25) is 11.9 Å². The fourth-order valence-electron chi connectivity index (χ4n) is 3.51. The van der Waals surface area contributed by atoms with Gasteiger partial charge in [-0.05, 0) is 43.9 Å². The highest BCUT2D eigenvalue weighted by atomic mass is 16.1. The number of aryl methyl sites for hydroxylation is 2. The number of hydrogen-bond donors (Lipinski definition) is 2. The Morgan fingerprint density at radius 1 is 1.34 bits per heavy atom. The van der Waals surface area contributed by atoms with Crippen molar-refractivity contribution in [2.24, 2.45) is 0 Å². The number of unbranched alkanes of at least 4 members (excludes halogenated alkanes) is 1. The standard InChI is InChI=1S/C22H28N6O/c1-4-5-6-18-12-21(28-10-9-20(14-28)24-16(3)29)27-22(25-18)26-19-8-7-15(2)17(11-19)13-23/h7-8,11-12,20H,4-6,9-10,14H2,1-3H3,(H,24,29)(H,25,26,27)/t20-/m0/s1.